The average molecular weight is 415 g/mol. The van der Waals surface area contributed by atoms with Crippen LogP contribution in [0, 0.1) is 0 Å². The molecule has 1 aliphatic rings. The molecule has 0 spiro atoms. The van der Waals surface area contributed by atoms with Crippen LogP contribution in [-0.4, -0.2) is 59.6 Å². The third-order valence-electron chi connectivity index (χ3n) is 5.67. The summed E-state index contributed by atoms with van der Waals surface area (Å²) in [5.41, 5.74) is 0. The topological polar surface area (TPSA) is 79.2 Å². The number of unbranched alkanes of at least 4 members (excludes halogenated alkanes) is 12. The van der Waals surface area contributed by atoms with Crippen molar-refractivity contribution in [1.29, 1.82) is 0 Å². The predicted octanol–water partition coefficient (Wildman–Crippen LogP) is 4.52. The van der Waals surface area contributed by atoms with E-state index in [0.29, 0.717) is 6.61 Å². The summed E-state index contributed by atoms with van der Waals surface area (Å²) in [5.74, 6) is 0. The molecule has 0 aromatic rings. The zero-order chi connectivity index (χ0) is 21.2. The monoisotopic (exact) mass is 414 g/mol. The van der Waals surface area contributed by atoms with Crippen molar-refractivity contribution in [3.05, 3.63) is 12.2 Å². The van der Waals surface area contributed by atoms with Gasteiger partial charge in [-0.2, -0.15) is 0 Å². The van der Waals surface area contributed by atoms with Gasteiger partial charge in [0.25, 0.3) is 0 Å². The fourth-order valence-corrected chi connectivity index (χ4v) is 3.78. The largest absolute Gasteiger partial charge is 0.388 e. The Hall–Kier alpha value is -0.460. The van der Waals surface area contributed by atoms with Crippen LogP contribution in [0.4, 0.5) is 0 Å². The summed E-state index contributed by atoms with van der Waals surface area (Å²) in [6.45, 7) is 3.02. The minimum atomic E-state index is -1.03. The second-order valence-electron chi connectivity index (χ2n) is 8.41. The molecule has 0 bridgehead atoms. The van der Waals surface area contributed by atoms with Gasteiger partial charge >= 0.3 is 0 Å². The fourth-order valence-electron chi connectivity index (χ4n) is 3.78. The Kier molecular flexibility index (Phi) is 16.8. The van der Waals surface area contributed by atoms with E-state index in [2.05, 4.69) is 19.1 Å². The maximum absolute atomic E-state index is 9.95. The van der Waals surface area contributed by atoms with Gasteiger partial charge in [0, 0.05) is 6.61 Å². The zero-order valence-electron chi connectivity index (χ0n) is 18.6. The first-order chi connectivity index (χ1) is 14.2. The lowest BCUT2D eigenvalue weighted by Crippen LogP contribution is -2.40. The van der Waals surface area contributed by atoms with E-state index >= 15 is 0 Å². The second kappa shape index (κ2) is 18.3. The van der Waals surface area contributed by atoms with Crippen molar-refractivity contribution in [2.75, 3.05) is 19.8 Å². The van der Waals surface area contributed by atoms with Crippen LogP contribution in [0.2, 0.25) is 0 Å². The van der Waals surface area contributed by atoms with E-state index in [-0.39, 0.29) is 13.2 Å². The van der Waals surface area contributed by atoms with E-state index < -0.39 is 24.4 Å². The van der Waals surface area contributed by atoms with Crippen LogP contribution in [-0.2, 0) is 9.47 Å². The number of hydrogen-bond acceptors (Lipinski definition) is 5. The van der Waals surface area contributed by atoms with Crippen LogP contribution < -0.4 is 0 Å². The third kappa shape index (κ3) is 13.5. The number of allylic oxidation sites excluding steroid dienone is 2. The van der Waals surface area contributed by atoms with E-state index in [1.54, 1.807) is 0 Å². The quantitative estimate of drug-likeness (QED) is 0.214. The van der Waals surface area contributed by atoms with Crippen molar-refractivity contribution in [3.63, 3.8) is 0 Å². The molecule has 1 fully saturated rings. The Morgan fingerprint density at radius 1 is 0.862 bits per heavy atom. The Balaban J connectivity index is 1.75. The lowest BCUT2D eigenvalue weighted by Gasteiger charge is -2.20. The summed E-state index contributed by atoms with van der Waals surface area (Å²) in [5, 5.41) is 29.1. The summed E-state index contributed by atoms with van der Waals surface area (Å²) in [7, 11) is 0. The molecule has 3 N–H and O–H groups in total. The van der Waals surface area contributed by atoms with Crippen molar-refractivity contribution in [1.82, 2.24) is 0 Å². The van der Waals surface area contributed by atoms with Crippen LogP contribution in [0.3, 0.4) is 0 Å². The van der Waals surface area contributed by atoms with Gasteiger partial charge in [0.15, 0.2) is 0 Å². The van der Waals surface area contributed by atoms with E-state index in [1.165, 1.54) is 70.6 Å². The molecule has 172 valence electrons. The van der Waals surface area contributed by atoms with E-state index in [4.69, 9.17) is 9.47 Å². The minimum Gasteiger partial charge on any atom is -0.388 e. The van der Waals surface area contributed by atoms with Crippen molar-refractivity contribution < 1.29 is 24.8 Å². The first-order valence-electron chi connectivity index (χ1n) is 12.0. The van der Waals surface area contributed by atoms with Crippen LogP contribution in [0.5, 0.6) is 0 Å². The molecule has 0 aromatic heterocycles. The summed E-state index contributed by atoms with van der Waals surface area (Å²) >= 11 is 0. The van der Waals surface area contributed by atoms with Gasteiger partial charge in [-0.25, -0.2) is 0 Å². The summed E-state index contributed by atoms with van der Waals surface area (Å²) in [4.78, 5) is 0. The maximum atomic E-state index is 9.95. The van der Waals surface area contributed by atoms with E-state index in [0.717, 1.165) is 19.3 Å². The molecule has 5 nitrogen and oxygen atoms in total. The second-order valence-corrected chi connectivity index (χ2v) is 8.41. The number of ether oxygens (including phenoxy) is 2. The summed E-state index contributed by atoms with van der Waals surface area (Å²) < 4.78 is 10.7. The first kappa shape index (κ1) is 26.6. The maximum Gasteiger partial charge on any atom is 0.114 e. The average Bonchev–Trinajstić information content (AvgIpc) is 3.05. The first-order valence-corrected chi connectivity index (χ1v) is 12.0. The highest BCUT2D eigenvalue weighted by atomic mass is 16.5. The SMILES string of the molecule is CC/C=C/CCCCCCCCCCCCCCOC[C@@H](O)[C@H]1OC[C@H](O)[C@H]1O. The van der Waals surface area contributed by atoms with Crippen LogP contribution in [0.15, 0.2) is 12.2 Å². The smallest absolute Gasteiger partial charge is 0.114 e. The van der Waals surface area contributed by atoms with Gasteiger partial charge in [0.05, 0.1) is 13.2 Å². The molecular formula is C24H46O5. The molecule has 0 radical (unpaired) electrons. The Labute approximate surface area is 178 Å². The number of rotatable bonds is 19. The highest BCUT2D eigenvalue weighted by Crippen LogP contribution is 2.18. The Bertz CT molecular complexity index is 387. The lowest BCUT2D eigenvalue weighted by atomic mass is 10.0. The molecule has 1 aliphatic heterocycles. The van der Waals surface area contributed by atoms with Gasteiger partial charge in [0.2, 0.25) is 0 Å². The zero-order valence-corrected chi connectivity index (χ0v) is 18.6. The lowest BCUT2D eigenvalue weighted by molar-refractivity contribution is -0.0813. The number of aliphatic hydroxyl groups is 3. The Morgan fingerprint density at radius 2 is 1.41 bits per heavy atom. The molecule has 0 aromatic carbocycles. The highest BCUT2D eigenvalue weighted by Gasteiger charge is 2.39. The number of hydrogen-bond donors (Lipinski definition) is 3. The summed E-state index contributed by atoms with van der Waals surface area (Å²) in [6, 6.07) is 0. The summed E-state index contributed by atoms with van der Waals surface area (Å²) in [6.07, 6.45) is 19.1. The van der Waals surface area contributed by atoms with Gasteiger partial charge in [-0.3, -0.25) is 0 Å². The normalized spacial score (nSPS) is 23.2. The van der Waals surface area contributed by atoms with E-state index in [1.807, 2.05) is 0 Å². The molecule has 0 saturated carbocycles. The van der Waals surface area contributed by atoms with Gasteiger partial charge in [-0.05, 0) is 25.7 Å². The van der Waals surface area contributed by atoms with Gasteiger partial charge in [-0.15, -0.1) is 0 Å². The fraction of sp³-hybridized carbons (Fsp3) is 0.917. The van der Waals surface area contributed by atoms with Crippen LogP contribution in [0.1, 0.15) is 96.8 Å². The molecule has 0 amide bonds. The van der Waals surface area contributed by atoms with Crippen molar-refractivity contribution in [3.8, 4) is 0 Å². The molecule has 1 saturated heterocycles. The molecule has 0 unspecified atom stereocenters. The standard InChI is InChI=1S/C24H46O5/c1-2-3-4-5-6-7-8-9-10-11-12-13-14-15-16-17-18-28-19-22(26)24-23(27)21(25)20-29-24/h3-4,21-27H,2,5-20H2,1H3/b4-3+/t21-,22+,23+,24+/m0/s1. The molecule has 1 heterocycles. The third-order valence-corrected chi connectivity index (χ3v) is 5.67. The Morgan fingerprint density at radius 3 is 1.93 bits per heavy atom. The van der Waals surface area contributed by atoms with Crippen molar-refractivity contribution in [2.45, 2.75) is 121 Å². The number of aliphatic hydroxyl groups excluding tert-OH is 3. The minimum absolute atomic E-state index is 0.0693. The molecule has 1 rings (SSSR count). The predicted molar refractivity (Wildman–Crippen MR) is 118 cm³/mol. The van der Waals surface area contributed by atoms with Gasteiger partial charge < -0.3 is 24.8 Å². The molecule has 4 atom stereocenters. The van der Waals surface area contributed by atoms with Crippen LogP contribution >= 0.6 is 0 Å². The molecule has 29 heavy (non-hydrogen) atoms. The molecular weight excluding hydrogens is 368 g/mol. The van der Waals surface area contributed by atoms with Gasteiger partial charge in [-0.1, -0.05) is 83.3 Å². The molecule has 0 aliphatic carbocycles. The molecule has 5 heteroatoms. The van der Waals surface area contributed by atoms with Gasteiger partial charge in [0.1, 0.15) is 24.4 Å². The van der Waals surface area contributed by atoms with Crippen LogP contribution in [0.25, 0.3) is 0 Å². The van der Waals surface area contributed by atoms with E-state index in [9.17, 15) is 15.3 Å². The van der Waals surface area contributed by atoms with Crippen molar-refractivity contribution in [2.24, 2.45) is 0 Å². The van der Waals surface area contributed by atoms with Crippen molar-refractivity contribution >= 4 is 0 Å². The highest BCUT2D eigenvalue weighted by molar-refractivity contribution is 4.87.